The summed E-state index contributed by atoms with van der Waals surface area (Å²) in [4.78, 5) is 13.2. The van der Waals surface area contributed by atoms with Crippen molar-refractivity contribution in [1.82, 2.24) is 24.7 Å². The van der Waals surface area contributed by atoms with Crippen molar-refractivity contribution in [2.24, 2.45) is 5.92 Å². The Kier molecular flexibility index (Phi) is 4.36. The van der Waals surface area contributed by atoms with E-state index in [-0.39, 0.29) is 0 Å². The van der Waals surface area contributed by atoms with Crippen LogP contribution in [-0.4, -0.2) is 24.7 Å². The first kappa shape index (κ1) is 14.9. The van der Waals surface area contributed by atoms with Crippen molar-refractivity contribution in [2.75, 3.05) is 5.73 Å². The van der Waals surface area contributed by atoms with Gasteiger partial charge < -0.3 is 5.73 Å². The van der Waals surface area contributed by atoms with E-state index in [2.05, 4.69) is 20.1 Å². The highest BCUT2D eigenvalue weighted by Gasteiger charge is 2.17. The smallest absolute Gasteiger partial charge is 0.240 e. The fraction of sp³-hybridized carbons (Fsp3) is 0.625. The van der Waals surface area contributed by atoms with E-state index in [4.69, 9.17) is 5.73 Å². The molecule has 6 nitrogen and oxygen atoms in total. The highest BCUT2D eigenvalue weighted by Crippen LogP contribution is 2.27. The van der Waals surface area contributed by atoms with Crippen molar-refractivity contribution >= 4 is 5.95 Å². The van der Waals surface area contributed by atoms with Gasteiger partial charge in [0.05, 0.1) is 0 Å². The van der Waals surface area contributed by atoms with Gasteiger partial charge in [0.15, 0.2) is 5.82 Å². The fourth-order valence-electron chi connectivity index (χ4n) is 3.32. The zero-order valence-electron chi connectivity index (χ0n) is 13.4. The second kappa shape index (κ2) is 6.42. The van der Waals surface area contributed by atoms with E-state index < -0.39 is 0 Å². The number of rotatable bonds is 4. The van der Waals surface area contributed by atoms with Gasteiger partial charge in [0, 0.05) is 18.2 Å². The lowest BCUT2D eigenvalue weighted by molar-refractivity contribution is 0.336. The van der Waals surface area contributed by atoms with Crippen molar-refractivity contribution in [2.45, 2.75) is 58.8 Å². The molecule has 2 N–H and O–H groups in total. The van der Waals surface area contributed by atoms with Crippen LogP contribution in [-0.2, 0) is 6.42 Å². The summed E-state index contributed by atoms with van der Waals surface area (Å²) in [5.41, 5.74) is 6.74. The molecule has 0 amide bonds. The second-order valence-electron chi connectivity index (χ2n) is 6.26. The van der Waals surface area contributed by atoms with E-state index in [0.29, 0.717) is 5.95 Å². The van der Waals surface area contributed by atoms with Crippen LogP contribution in [0.1, 0.15) is 55.9 Å². The highest BCUT2D eigenvalue weighted by atomic mass is 15.4. The number of anilines is 1. The van der Waals surface area contributed by atoms with E-state index in [9.17, 15) is 0 Å². The summed E-state index contributed by atoms with van der Waals surface area (Å²) in [7, 11) is 0. The van der Waals surface area contributed by atoms with Crippen LogP contribution in [0.2, 0.25) is 0 Å². The number of nitrogen functional groups attached to an aromatic ring is 1. The molecule has 6 heteroatoms. The van der Waals surface area contributed by atoms with Gasteiger partial charge in [0.2, 0.25) is 5.95 Å². The van der Waals surface area contributed by atoms with Gasteiger partial charge in [-0.3, -0.25) is 0 Å². The standard InChI is InChI=1S/C16H24N6/c1-11-10-15(19-12(2)18-11)22-14(20-16(17)21-22)9-8-13-6-4-3-5-7-13/h10,13H,3-9H2,1-2H3,(H2,17,21). The second-order valence-corrected chi connectivity index (χ2v) is 6.26. The van der Waals surface area contributed by atoms with Crippen LogP contribution in [0, 0.1) is 19.8 Å². The molecule has 2 aromatic rings. The van der Waals surface area contributed by atoms with E-state index in [0.717, 1.165) is 41.9 Å². The molecule has 0 radical (unpaired) electrons. The van der Waals surface area contributed by atoms with Crippen LogP contribution in [0.5, 0.6) is 0 Å². The third kappa shape index (κ3) is 3.43. The predicted octanol–water partition coefficient (Wildman–Crippen LogP) is 2.77. The SMILES string of the molecule is Cc1cc(-n2nc(N)nc2CCC2CCCCC2)nc(C)n1. The molecule has 1 aliphatic rings. The van der Waals surface area contributed by atoms with Gasteiger partial charge in [0.1, 0.15) is 11.6 Å². The van der Waals surface area contributed by atoms with Crippen molar-refractivity contribution in [3.8, 4) is 5.82 Å². The quantitative estimate of drug-likeness (QED) is 0.938. The Morgan fingerprint density at radius 2 is 1.91 bits per heavy atom. The molecular formula is C16H24N6. The Bertz CT molecular complexity index is 622. The van der Waals surface area contributed by atoms with Crippen LogP contribution in [0.25, 0.3) is 5.82 Å². The molecule has 0 bridgehead atoms. The molecule has 2 aromatic heterocycles. The lowest BCUT2D eigenvalue weighted by Gasteiger charge is -2.21. The van der Waals surface area contributed by atoms with Crippen LogP contribution < -0.4 is 5.73 Å². The maximum absolute atomic E-state index is 5.82. The first-order valence-corrected chi connectivity index (χ1v) is 8.16. The van der Waals surface area contributed by atoms with Crippen molar-refractivity contribution < 1.29 is 0 Å². The number of aromatic nitrogens is 5. The molecule has 0 atom stereocenters. The zero-order valence-corrected chi connectivity index (χ0v) is 13.4. The normalized spacial score (nSPS) is 16.1. The van der Waals surface area contributed by atoms with Gasteiger partial charge in [-0.2, -0.15) is 9.67 Å². The highest BCUT2D eigenvalue weighted by molar-refractivity contribution is 5.28. The Morgan fingerprint density at radius 3 is 2.64 bits per heavy atom. The summed E-state index contributed by atoms with van der Waals surface area (Å²) in [6.45, 7) is 3.85. The molecular weight excluding hydrogens is 276 g/mol. The molecule has 118 valence electrons. The minimum absolute atomic E-state index is 0.313. The average molecular weight is 300 g/mol. The summed E-state index contributed by atoms with van der Waals surface area (Å²) in [6.07, 6.45) is 8.86. The summed E-state index contributed by atoms with van der Waals surface area (Å²) >= 11 is 0. The van der Waals surface area contributed by atoms with Gasteiger partial charge in [0.25, 0.3) is 0 Å². The monoisotopic (exact) mass is 300 g/mol. The van der Waals surface area contributed by atoms with Crippen LogP contribution in [0.4, 0.5) is 5.95 Å². The number of hydrogen-bond donors (Lipinski definition) is 1. The third-order valence-electron chi connectivity index (χ3n) is 4.36. The first-order valence-electron chi connectivity index (χ1n) is 8.16. The molecule has 3 rings (SSSR count). The van der Waals surface area contributed by atoms with Crippen molar-refractivity contribution in [1.29, 1.82) is 0 Å². The molecule has 1 aliphatic carbocycles. The summed E-state index contributed by atoms with van der Waals surface area (Å²) in [6, 6.07) is 1.92. The molecule has 0 saturated heterocycles. The van der Waals surface area contributed by atoms with E-state index in [1.807, 2.05) is 19.9 Å². The van der Waals surface area contributed by atoms with Crippen molar-refractivity contribution in [3.05, 3.63) is 23.4 Å². The lowest BCUT2D eigenvalue weighted by Crippen LogP contribution is -2.11. The van der Waals surface area contributed by atoms with Crippen molar-refractivity contribution in [3.63, 3.8) is 0 Å². The van der Waals surface area contributed by atoms with E-state index in [1.54, 1.807) is 4.68 Å². The molecule has 0 aromatic carbocycles. The minimum Gasteiger partial charge on any atom is -0.366 e. The Morgan fingerprint density at radius 1 is 1.14 bits per heavy atom. The molecule has 1 fully saturated rings. The predicted molar refractivity (Wildman–Crippen MR) is 85.7 cm³/mol. The molecule has 0 unspecified atom stereocenters. The van der Waals surface area contributed by atoms with E-state index in [1.165, 1.54) is 32.1 Å². The molecule has 2 heterocycles. The Labute approximate surface area is 131 Å². The Balaban J connectivity index is 1.79. The number of aryl methyl sites for hydroxylation is 3. The molecule has 22 heavy (non-hydrogen) atoms. The summed E-state index contributed by atoms with van der Waals surface area (Å²) in [5, 5.41) is 4.32. The number of hydrogen-bond acceptors (Lipinski definition) is 5. The maximum atomic E-state index is 5.82. The molecule has 0 spiro atoms. The van der Waals surface area contributed by atoms with Gasteiger partial charge in [-0.05, 0) is 26.2 Å². The minimum atomic E-state index is 0.313. The fourth-order valence-corrected chi connectivity index (χ4v) is 3.32. The van der Waals surface area contributed by atoms with Crippen LogP contribution in [0.3, 0.4) is 0 Å². The van der Waals surface area contributed by atoms with Gasteiger partial charge in [-0.25, -0.2) is 9.97 Å². The van der Waals surface area contributed by atoms with Crippen LogP contribution >= 0.6 is 0 Å². The van der Waals surface area contributed by atoms with Crippen LogP contribution in [0.15, 0.2) is 6.07 Å². The Hall–Kier alpha value is -1.98. The summed E-state index contributed by atoms with van der Waals surface area (Å²) < 4.78 is 1.78. The number of nitrogens with two attached hydrogens (primary N) is 1. The average Bonchev–Trinajstić information content (AvgIpc) is 2.86. The zero-order chi connectivity index (χ0) is 15.5. The van der Waals surface area contributed by atoms with Gasteiger partial charge in [-0.15, -0.1) is 5.10 Å². The maximum Gasteiger partial charge on any atom is 0.240 e. The van der Waals surface area contributed by atoms with Gasteiger partial charge in [-0.1, -0.05) is 32.1 Å². The van der Waals surface area contributed by atoms with E-state index >= 15 is 0 Å². The van der Waals surface area contributed by atoms with Gasteiger partial charge >= 0.3 is 0 Å². The molecule has 1 saturated carbocycles. The topological polar surface area (TPSA) is 82.5 Å². The molecule has 0 aliphatic heterocycles. The number of nitrogens with zero attached hydrogens (tertiary/aromatic N) is 5. The first-order chi connectivity index (χ1) is 10.6. The largest absolute Gasteiger partial charge is 0.366 e. The lowest BCUT2D eigenvalue weighted by atomic mass is 9.86. The third-order valence-corrected chi connectivity index (χ3v) is 4.36. The summed E-state index contributed by atoms with van der Waals surface area (Å²) in [5.74, 6) is 3.53.